The number of ether oxygens (including phenoxy) is 1. The lowest BCUT2D eigenvalue weighted by molar-refractivity contribution is -0.137. The molecule has 3 aromatic carbocycles. The molecule has 45 heavy (non-hydrogen) atoms. The Hall–Kier alpha value is -3.49. The fourth-order valence-electron chi connectivity index (χ4n) is 5.32. The Morgan fingerprint density at radius 1 is 1.04 bits per heavy atom. The van der Waals surface area contributed by atoms with Crippen LogP contribution in [0.2, 0.25) is 0 Å². The first-order chi connectivity index (χ1) is 21.4. The zero-order valence-electron chi connectivity index (χ0n) is 25.3. The molecule has 246 valence electrons. The summed E-state index contributed by atoms with van der Waals surface area (Å²) in [6.45, 7) is 2.87. The highest BCUT2D eigenvalue weighted by Gasteiger charge is 2.32. The standard InChI is InChI=1S/C32H41F3N4O5S/c1-3-37-27-18-24(19-28(30(27)44-2)39-14-7-8-15-45(39,42)43)31(41)38-26(17-22-10-5-4-6-11-22)29(40)21-36-20-23-12-9-13-25(16-23)32(33,34)35/h4-6,9-13,16,18-19,26,29,36-37,40,42-43H,3,7-8,14-15,17,20-21H2,1-2H3,(H,38,41). The summed E-state index contributed by atoms with van der Waals surface area (Å²) in [6.07, 6.45) is -3.86. The van der Waals surface area contributed by atoms with E-state index in [4.69, 9.17) is 4.74 Å². The lowest BCUT2D eigenvalue weighted by Gasteiger charge is -2.47. The van der Waals surface area contributed by atoms with Crippen molar-refractivity contribution in [3.63, 3.8) is 0 Å². The van der Waals surface area contributed by atoms with Crippen LogP contribution >= 0.6 is 10.8 Å². The third-order valence-electron chi connectivity index (χ3n) is 7.57. The molecule has 2 atom stereocenters. The van der Waals surface area contributed by atoms with Crippen molar-refractivity contribution >= 4 is 28.1 Å². The summed E-state index contributed by atoms with van der Waals surface area (Å²) in [6, 6.07) is 16.7. The van der Waals surface area contributed by atoms with Crippen molar-refractivity contribution in [2.24, 2.45) is 0 Å². The minimum atomic E-state index is -4.46. The van der Waals surface area contributed by atoms with Crippen molar-refractivity contribution in [2.45, 2.75) is 51.1 Å². The van der Waals surface area contributed by atoms with Gasteiger partial charge in [0, 0.05) is 31.7 Å². The highest BCUT2D eigenvalue weighted by atomic mass is 32.3. The van der Waals surface area contributed by atoms with Gasteiger partial charge < -0.3 is 25.8 Å². The topological polar surface area (TPSA) is 126 Å². The fourth-order valence-corrected chi connectivity index (χ4v) is 7.00. The molecular formula is C32H41F3N4O5S. The van der Waals surface area contributed by atoms with E-state index >= 15 is 0 Å². The molecule has 0 saturated carbocycles. The molecule has 13 heteroatoms. The summed E-state index contributed by atoms with van der Waals surface area (Å²) in [5.41, 5.74) is 1.63. The average Bonchev–Trinajstić information content (AvgIpc) is 3.00. The first-order valence-corrected chi connectivity index (χ1v) is 16.5. The van der Waals surface area contributed by atoms with Crippen LogP contribution in [0.1, 0.15) is 46.8 Å². The van der Waals surface area contributed by atoms with E-state index in [0.29, 0.717) is 42.2 Å². The van der Waals surface area contributed by atoms with Gasteiger partial charge in [-0.3, -0.25) is 18.2 Å². The molecule has 0 aromatic heterocycles. The number of methoxy groups -OCH3 is 1. The zero-order chi connectivity index (χ0) is 32.6. The van der Waals surface area contributed by atoms with Gasteiger partial charge in [0.2, 0.25) is 0 Å². The molecule has 0 radical (unpaired) electrons. The third-order valence-corrected chi connectivity index (χ3v) is 9.49. The molecular weight excluding hydrogens is 609 g/mol. The molecule has 1 heterocycles. The van der Waals surface area contributed by atoms with E-state index in [2.05, 4.69) is 16.0 Å². The van der Waals surface area contributed by atoms with E-state index < -0.39 is 40.6 Å². The number of nitrogens with one attached hydrogen (secondary N) is 3. The summed E-state index contributed by atoms with van der Waals surface area (Å²) >= 11 is 0. The van der Waals surface area contributed by atoms with Gasteiger partial charge >= 0.3 is 6.18 Å². The molecule has 6 N–H and O–H groups in total. The maximum absolute atomic E-state index is 13.8. The Labute approximate surface area is 263 Å². The van der Waals surface area contributed by atoms with Crippen molar-refractivity contribution in [3.05, 3.63) is 89.0 Å². The molecule has 2 unspecified atom stereocenters. The first-order valence-electron chi connectivity index (χ1n) is 14.8. The summed E-state index contributed by atoms with van der Waals surface area (Å²) in [5.74, 6) is 0.0986. The van der Waals surface area contributed by atoms with E-state index in [9.17, 15) is 32.2 Å². The molecule has 0 spiro atoms. The highest BCUT2D eigenvalue weighted by molar-refractivity contribution is 8.25. The van der Waals surface area contributed by atoms with Crippen molar-refractivity contribution in [3.8, 4) is 5.75 Å². The van der Waals surface area contributed by atoms with Gasteiger partial charge in [-0.25, -0.2) is 0 Å². The number of carbonyl (C=O) groups is 1. The van der Waals surface area contributed by atoms with Crippen LogP contribution in [0.15, 0.2) is 66.7 Å². The molecule has 3 aromatic rings. The van der Waals surface area contributed by atoms with Crippen LogP contribution in [0, 0.1) is 0 Å². The number of hydrogen-bond donors (Lipinski definition) is 6. The number of anilines is 2. The van der Waals surface area contributed by atoms with Gasteiger partial charge in [0.15, 0.2) is 5.75 Å². The van der Waals surface area contributed by atoms with Crippen LogP contribution in [0.25, 0.3) is 0 Å². The highest BCUT2D eigenvalue weighted by Crippen LogP contribution is 2.53. The van der Waals surface area contributed by atoms with Crippen LogP contribution in [0.3, 0.4) is 0 Å². The number of aliphatic hydroxyl groups excluding tert-OH is 1. The van der Waals surface area contributed by atoms with Crippen LogP contribution < -0.4 is 25.0 Å². The molecule has 1 amide bonds. The van der Waals surface area contributed by atoms with Gasteiger partial charge in [0.1, 0.15) is 5.69 Å². The van der Waals surface area contributed by atoms with E-state index in [0.717, 1.165) is 24.1 Å². The van der Waals surface area contributed by atoms with Gasteiger partial charge in [-0.1, -0.05) is 48.5 Å². The van der Waals surface area contributed by atoms with Crippen molar-refractivity contribution in [1.29, 1.82) is 0 Å². The Morgan fingerprint density at radius 3 is 2.44 bits per heavy atom. The van der Waals surface area contributed by atoms with E-state index in [1.54, 1.807) is 18.2 Å². The van der Waals surface area contributed by atoms with Gasteiger partial charge in [-0.05, 0) is 55.5 Å². The van der Waals surface area contributed by atoms with E-state index in [1.165, 1.54) is 17.5 Å². The van der Waals surface area contributed by atoms with Crippen molar-refractivity contribution in [1.82, 2.24) is 10.6 Å². The summed E-state index contributed by atoms with van der Waals surface area (Å²) in [5, 5.41) is 20.3. The number of rotatable bonds is 13. The number of nitrogens with zero attached hydrogens (tertiary/aromatic N) is 1. The number of benzene rings is 3. The normalized spacial score (nSPS) is 16.8. The predicted octanol–water partition coefficient (Wildman–Crippen LogP) is 5.90. The first kappa shape index (κ1) is 34.4. The van der Waals surface area contributed by atoms with Gasteiger partial charge in [0.25, 0.3) is 5.91 Å². The SMILES string of the molecule is CCNc1cc(C(=O)NC(Cc2ccccc2)C(O)CNCc2cccc(C(F)(F)F)c2)cc(N2CCCCS2(O)O)c1OC. The van der Waals surface area contributed by atoms with Crippen molar-refractivity contribution < 1.29 is 36.9 Å². The molecule has 0 bridgehead atoms. The Kier molecular flexibility index (Phi) is 11.6. The maximum atomic E-state index is 13.8. The van der Waals surface area contributed by atoms with Crippen LogP contribution in [0.5, 0.6) is 5.75 Å². The monoisotopic (exact) mass is 650 g/mol. The van der Waals surface area contributed by atoms with Gasteiger partial charge in [-0.15, -0.1) is 10.8 Å². The number of amides is 1. The number of halogens is 3. The second-order valence-corrected chi connectivity index (χ2v) is 13.0. The maximum Gasteiger partial charge on any atom is 0.416 e. The fraction of sp³-hybridized carbons (Fsp3) is 0.406. The lowest BCUT2D eigenvalue weighted by atomic mass is 10.00. The summed E-state index contributed by atoms with van der Waals surface area (Å²) < 4.78 is 68.3. The van der Waals surface area contributed by atoms with E-state index in [1.807, 2.05) is 37.3 Å². The minimum Gasteiger partial charge on any atom is -0.492 e. The Balaban J connectivity index is 1.57. The lowest BCUT2D eigenvalue weighted by Crippen LogP contribution is -2.48. The van der Waals surface area contributed by atoms with E-state index in [-0.39, 0.29) is 30.8 Å². The smallest absolute Gasteiger partial charge is 0.416 e. The summed E-state index contributed by atoms with van der Waals surface area (Å²) in [7, 11) is -1.64. The average molecular weight is 651 g/mol. The molecule has 0 aliphatic carbocycles. The molecule has 9 nitrogen and oxygen atoms in total. The number of hydrogen-bond acceptors (Lipinski definition) is 8. The number of alkyl halides is 3. The molecule has 1 fully saturated rings. The molecule has 1 aliphatic rings. The zero-order valence-corrected chi connectivity index (χ0v) is 26.1. The van der Waals surface area contributed by atoms with Crippen LogP contribution in [0.4, 0.5) is 24.5 Å². The quantitative estimate of drug-likeness (QED) is 0.135. The summed E-state index contributed by atoms with van der Waals surface area (Å²) in [4.78, 5) is 13.8. The minimum absolute atomic E-state index is 0.000783. The van der Waals surface area contributed by atoms with Crippen LogP contribution in [-0.2, 0) is 19.1 Å². The number of carbonyl (C=O) groups excluding carboxylic acids is 1. The molecule has 1 aliphatic heterocycles. The third kappa shape index (κ3) is 9.04. The van der Waals surface area contributed by atoms with Crippen molar-refractivity contribution in [2.75, 3.05) is 42.1 Å². The molecule has 1 saturated heterocycles. The van der Waals surface area contributed by atoms with Crippen LogP contribution in [-0.4, -0.2) is 64.8 Å². The largest absolute Gasteiger partial charge is 0.492 e. The second kappa shape index (κ2) is 15.2. The second-order valence-electron chi connectivity index (χ2n) is 10.9. The Morgan fingerprint density at radius 2 is 1.78 bits per heavy atom. The number of aliphatic hydroxyl groups is 1. The Bertz CT molecular complexity index is 1430. The molecule has 4 rings (SSSR count). The predicted molar refractivity (Wildman–Crippen MR) is 172 cm³/mol. The van der Waals surface area contributed by atoms with Gasteiger partial charge in [-0.2, -0.15) is 13.2 Å². The van der Waals surface area contributed by atoms with Gasteiger partial charge in [0.05, 0.1) is 36.3 Å².